The highest BCUT2D eigenvalue weighted by Crippen LogP contribution is 2.18. The lowest BCUT2D eigenvalue weighted by atomic mass is 10.2. The number of pyridine rings is 1. The molecule has 8 heteroatoms. The summed E-state index contributed by atoms with van der Waals surface area (Å²) in [4.78, 5) is 33.8. The highest BCUT2D eigenvalue weighted by atomic mass is 35.5. The second-order valence-corrected chi connectivity index (χ2v) is 8.15. The summed E-state index contributed by atoms with van der Waals surface area (Å²) in [5.41, 5.74) is 1.24. The van der Waals surface area contributed by atoms with E-state index in [9.17, 15) is 9.59 Å². The molecule has 1 amide bonds. The van der Waals surface area contributed by atoms with E-state index in [2.05, 4.69) is 15.3 Å². The quantitative estimate of drug-likeness (QED) is 0.471. The van der Waals surface area contributed by atoms with Crippen LogP contribution in [0.25, 0.3) is 11.0 Å². The summed E-state index contributed by atoms with van der Waals surface area (Å²) in [5.74, 6) is 0.300. The molecule has 0 radical (unpaired) electrons. The topological polar surface area (TPSA) is 76.9 Å². The van der Waals surface area contributed by atoms with Crippen LogP contribution in [0, 0.1) is 5.92 Å². The van der Waals surface area contributed by atoms with Crippen molar-refractivity contribution in [3.63, 3.8) is 0 Å². The van der Waals surface area contributed by atoms with Crippen LogP contribution in [0.5, 0.6) is 0 Å². The van der Waals surface area contributed by atoms with Gasteiger partial charge in [0.05, 0.1) is 11.1 Å². The average Bonchev–Trinajstić information content (AvgIpc) is 2.68. The standard InChI is InChI=1S/C20H21ClN4O2S/c1-13(2)11-25-19(27)16-4-3-9-22-18(16)24-20(25)28-12-17(26)23-10-14-5-7-15(21)8-6-14/h3-9,13H,10-12H2,1-2H3,(H,23,26). The zero-order valence-corrected chi connectivity index (χ0v) is 17.3. The SMILES string of the molecule is CC(C)Cn1c(SCC(=O)NCc2ccc(Cl)cc2)nc2ncccc2c1=O. The van der Waals surface area contributed by atoms with E-state index in [1.165, 1.54) is 11.8 Å². The number of fused-ring (bicyclic) bond motifs is 1. The van der Waals surface area contributed by atoms with Crippen LogP contribution in [-0.4, -0.2) is 26.2 Å². The van der Waals surface area contributed by atoms with Gasteiger partial charge < -0.3 is 5.32 Å². The monoisotopic (exact) mass is 416 g/mol. The Morgan fingerprint density at radius 1 is 1.25 bits per heavy atom. The summed E-state index contributed by atoms with van der Waals surface area (Å²) >= 11 is 7.11. The van der Waals surface area contributed by atoms with Crippen molar-refractivity contribution in [2.45, 2.75) is 32.1 Å². The minimum Gasteiger partial charge on any atom is -0.351 e. The van der Waals surface area contributed by atoms with E-state index in [0.29, 0.717) is 34.3 Å². The van der Waals surface area contributed by atoms with Crippen LogP contribution in [0.15, 0.2) is 52.5 Å². The maximum atomic E-state index is 12.8. The Balaban J connectivity index is 1.72. The van der Waals surface area contributed by atoms with Crippen LogP contribution < -0.4 is 10.9 Å². The molecule has 0 fully saturated rings. The maximum Gasteiger partial charge on any atom is 0.263 e. The van der Waals surface area contributed by atoms with E-state index in [1.54, 1.807) is 35.0 Å². The van der Waals surface area contributed by atoms with Crippen molar-refractivity contribution in [1.82, 2.24) is 19.9 Å². The van der Waals surface area contributed by atoms with Crippen molar-refractivity contribution in [2.75, 3.05) is 5.75 Å². The van der Waals surface area contributed by atoms with Gasteiger partial charge in [-0.25, -0.2) is 9.97 Å². The number of aromatic nitrogens is 3. The van der Waals surface area contributed by atoms with Gasteiger partial charge in [-0.2, -0.15) is 0 Å². The summed E-state index contributed by atoms with van der Waals surface area (Å²) in [5, 5.41) is 4.52. The molecule has 0 saturated carbocycles. The normalized spacial score (nSPS) is 11.1. The number of carbonyl (C=O) groups excluding carboxylic acids is 1. The molecule has 0 atom stereocenters. The number of rotatable bonds is 7. The number of benzene rings is 1. The molecule has 3 rings (SSSR count). The average molecular weight is 417 g/mol. The number of nitrogens with one attached hydrogen (secondary N) is 1. The molecule has 146 valence electrons. The van der Waals surface area contributed by atoms with Crippen LogP contribution >= 0.6 is 23.4 Å². The van der Waals surface area contributed by atoms with Gasteiger partial charge in [0, 0.05) is 24.3 Å². The molecule has 28 heavy (non-hydrogen) atoms. The fourth-order valence-corrected chi connectivity index (χ4v) is 3.61. The number of halogens is 1. The summed E-state index contributed by atoms with van der Waals surface area (Å²) < 4.78 is 1.63. The lowest BCUT2D eigenvalue weighted by Crippen LogP contribution is -2.28. The number of amides is 1. The molecule has 2 aromatic heterocycles. The minimum absolute atomic E-state index is 0.129. The van der Waals surface area contributed by atoms with Gasteiger partial charge in [-0.05, 0) is 35.7 Å². The number of nitrogens with zero attached hydrogens (tertiary/aromatic N) is 3. The summed E-state index contributed by atoms with van der Waals surface area (Å²) in [7, 11) is 0. The van der Waals surface area contributed by atoms with Gasteiger partial charge in [0.25, 0.3) is 5.56 Å². The molecule has 0 aliphatic carbocycles. The highest BCUT2D eigenvalue weighted by Gasteiger charge is 2.14. The Morgan fingerprint density at radius 2 is 2.00 bits per heavy atom. The van der Waals surface area contributed by atoms with E-state index in [1.807, 2.05) is 26.0 Å². The first-order chi connectivity index (χ1) is 13.4. The van der Waals surface area contributed by atoms with Crippen LogP contribution in [-0.2, 0) is 17.9 Å². The Hall–Kier alpha value is -2.38. The zero-order chi connectivity index (χ0) is 20.1. The molecule has 0 bridgehead atoms. The molecular formula is C20H21ClN4O2S. The fourth-order valence-electron chi connectivity index (χ4n) is 2.66. The Kier molecular flexibility index (Phi) is 6.70. The molecule has 0 aliphatic heterocycles. The van der Waals surface area contributed by atoms with Gasteiger partial charge in [0.1, 0.15) is 0 Å². The maximum absolute atomic E-state index is 12.8. The predicted molar refractivity (Wildman–Crippen MR) is 113 cm³/mol. The van der Waals surface area contributed by atoms with Gasteiger partial charge in [-0.1, -0.05) is 49.3 Å². The van der Waals surface area contributed by atoms with Crippen molar-refractivity contribution in [3.8, 4) is 0 Å². The van der Waals surface area contributed by atoms with E-state index in [4.69, 9.17) is 11.6 Å². The second kappa shape index (κ2) is 9.21. The van der Waals surface area contributed by atoms with Crippen LogP contribution in [0.1, 0.15) is 19.4 Å². The molecule has 1 aromatic carbocycles. The van der Waals surface area contributed by atoms with Crippen molar-refractivity contribution in [3.05, 3.63) is 63.5 Å². The minimum atomic E-state index is -0.133. The molecule has 0 aliphatic rings. The van der Waals surface area contributed by atoms with E-state index >= 15 is 0 Å². The highest BCUT2D eigenvalue weighted by molar-refractivity contribution is 7.99. The van der Waals surface area contributed by atoms with E-state index in [-0.39, 0.29) is 23.1 Å². The third-order valence-electron chi connectivity index (χ3n) is 3.98. The lowest BCUT2D eigenvalue weighted by Gasteiger charge is -2.14. The molecule has 2 heterocycles. The third-order valence-corrected chi connectivity index (χ3v) is 5.21. The number of carbonyl (C=O) groups is 1. The first-order valence-electron chi connectivity index (χ1n) is 8.93. The second-order valence-electron chi connectivity index (χ2n) is 6.77. The molecule has 3 aromatic rings. The van der Waals surface area contributed by atoms with Gasteiger partial charge in [-0.3, -0.25) is 14.2 Å². The first-order valence-corrected chi connectivity index (χ1v) is 10.3. The van der Waals surface area contributed by atoms with Crippen LogP contribution in [0.2, 0.25) is 5.02 Å². The molecule has 1 N–H and O–H groups in total. The van der Waals surface area contributed by atoms with Crippen LogP contribution in [0.4, 0.5) is 0 Å². The zero-order valence-electron chi connectivity index (χ0n) is 15.7. The number of hydrogen-bond donors (Lipinski definition) is 1. The smallest absolute Gasteiger partial charge is 0.263 e. The molecular weight excluding hydrogens is 396 g/mol. The van der Waals surface area contributed by atoms with E-state index < -0.39 is 0 Å². The van der Waals surface area contributed by atoms with Crippen molar-refractivity contribution in [1.29, 1.82) is 0 Å². The fraction of sp³-hybridized carbons (Fsp3) is 0.300. The van der Waals surface area contributed by atoms with E-state index in [0.717, 1.165) is 5.56 Å². The van der Waals surface area contributed by atoms with Crippen molar-refractivity contribution >= 4 is 40.3 Å². The molecule has 6 nitrogen and oxygen atoms in total. The first kappa shape index (κ1) is 20.4. The summed E-state index contributed by atoms with van der Waals surface area (Å²) in [6.45, 7) is 5.02. The Morgan fingerprint density at radius 3 is 2.71 bits per heavy atom. The predicted octanol–water partition coefficient (Wildman–Crippen LogP) is 3.51. The van der Waals surface area contributed by atoms with Crippen molar-refractivity contribution < 1.29 is 4.79 Å². The Labute approximate surface area is 172 Å². The van der Waals surface area contributed by atoms with Gasteiger partial charge in [0.2, 0.25) is 5.91 Å². The summed E-state index contributed by atoms with van der Waals surface area (Å²) in [6, 6.07) is 10.8. The Bertz CT molecular complexity index is 1030. The largest absolute Gasteiger partial charge is 0.351 e. The van der Waals surface area contributed by atoms with Crippen molar-refractivity contribution in [2.24, 2.45) is 5.92 Å². The van der Waals surface area contributed by atoms with Gasteiger partial charge >= 0.3 is 0 Å². The third kappa shape index (κ3) is 5.11. The number of hydrogen-bond acceptors (Lipinski definition) is 5. The van der Waals surface area contributed by atoms with Gasteiger partial charge in [0.15, 0.2) is 10.8 Å². The number of thioether (sulfide) groups is 1. The van der Waals surface area contributed by atoms with Crippen LogP contribution in [0.3, 0.4) is 0 Å². The molecule has 0 saturated heterocycles. The molecule has 0 spiro atoms. The summed E-state index contributed by atoms with van der Waals surface area (Å²) in [6.07, 6.45) is 1.61. The lowest BCUT2D eigenvalue weighted by molar-refractivity contribution is -0.118. The van der Waals surface area contributed by atoms with Gasteiger partial charge in [-0.15, -0.1) is 0 Å². The molecule has 0 unspecified atom stereocenters.